The monoisotopic (exact) mass is 356 g/mol. The Morgan fingerprint density at radius 1 is 1.08 bits per heavy atom. The predicted octanol–water partition coefficient (Wildman–Crippen LogP) is 3.98. The normalized spacial score (nSPS) is 23.0. The highest BCUT2D eigenvalue weighted by Gasteiger charge is 2.29. The van der Waals surface area contributed by atoms with Gasteiger partial charge >= 0.3 is 0 Å². The lowest BCUT2D eigenvalue weighted by Crippen LogP contribution is -2.25. The van der Waals surface area contributed by atoms with E-state index in [1.807, 2.05) is 60.7 Å². The number of hydrogen-bond acceptors (Lipinski definition) is 2. The molecule has 0 amide bonds. The highest BCUT2D eigenvalue weighted by Crippen LogP contribution is 2.44. The smallest absolute Gasteiger partial charge is 0.146 e. The summed E-state index contributed by atoms with van der Waals surface area (Å²) in [6.45, 7) is 3.81. The zero-order valence-electron chi connectivity index (χ0n) is 14.0. The van der Waals surface area contributed by atoms with Crippen LogP contribution in [-0.2, 0) is 4.57 Å². The fraction of sp³-hybridized carbons (Fsp3) is 0.238. The van der Waals surface area contributed by atoms with Crippen LogP contribution in [0.2, 0.25) is 0 Å². The summed E-state index contributed by atoms with van der Waals surface area (Å²) in [7, 11) is -2.88. The van der Waals surface area contributed by atoms with E-state index in [0.717, 1.165) is 10.6 Å². The van der Waals surface area contributed by atoms with E-state index in [1.54, 1.807) is 6.08 Å². The molecule has 0 aromatic heterocycles. The molecule has 2 aromatic carbocycles. The third-order valence-electron chi connectivity index (χ3n) is 4.67. The van der Waals surface area contributed by atoms with E-state index >= 15 is 0 Å². The predicted molar refractivity (Wildman–Crippen MR) is 102 cm³/mol. The second kappa shape index (κ2) is 7.51. The van der Waals surface area contributed by atoms with Crippen LogP contribution in [0.3, 0.4) is 0 Å². The first-order valence-electron chi connectivity index (χ1n) is 8.41. The molecule has 0 saturated heterocycles. The van der Waals surface area contributed by atoms with Gasteiger partial charge in [0, 0.05) is 23.2 Å². The first-order chi connectivity index (χ1) is 12.0. The molecular formula is C21H22FO2P. The van der Waals surface area contributed by atoms with Crippen molar-refractivity contribution in [3.63, 3.8) is 0 Å². The van der Waals surface area contributed by atoms with E-state index in [9.17, 15) is 14.1 Å². The van der Waals surface area contributed by atoms with Crippen LogP contribution in [-0.4, -0.2) is 23.5 Å². The van der Waals surface area contributed by atoms with Crippen LogP contribution in [0.4, 0.5) is 4.39 Å². The first kappa shape index (κ1) is 17.8. The van der Waals surface area contributed by atoms with Crippen molar-refractivity contribution in [1.82, 2.24) is 0 Å². The second-order valence-corrected chi connectivity index (χ2v) is 9.29. The lowest BCUT2D eigenvalue weighted by molar-refractivity contribution is 0.124. The van der Waals surface area contributed by atoms with Gasteiger partial charge in [-0.1, -0.05) is 73.3 Å². The standard InChI is InChI=1S/C21H22FO2P/c1-16-17(14-18(23)15-21(16)22)12-13-25(24,19-8-4-2-5-9-19)20-10-6-3-7-11-20/h2-12,18,21,23H,1,13-15H2/b17-12-/t18-,21+/m1/s1. The van der Waals surface area contributed by atoms with Crippen molar-refractivity contribution >= 4 is 17.8 Å². The fourth-order valence-electron chi connectivity index (χ4n) is 3.20. The Labute approximate surface area is 148 Å². The number of aliphatic hydroxyl groups is 1. The van der Waals surface area contributed by atoms with Crippen LogP contribution in [0.25, 0.3) is 0 Å². The van der Waals surface area contributed by atoms with Gasteiger partial charge in [0.05, 0.1) is 6.10 Å². The van der Waals surface area contributed by atoms with Crippen molar-refractivity contribution < 1.29 is 14.1 Å². The fourth-order valence-corrected chi connectivity index (χ4v) is 5.71. The van der Waals surface area contributed by atoms with Gasteiger partial charge in [0.25, 0.3) is 0 Å². The summed E-state index contributed by atoms with van der Waals surface area (Å²) in [6, 6.07) is 18.8. The molecule has 0 heterocycles. The van der Waals surface area contributed by atoms with E-state index in [4.69, 9.17) is 0 Å². The number of halogens is 1. The molecule has 2 atom stereocenters. The average molecular weight is 356 g/mol. The molecule has 0 spiro atoms. The van der Waals surface area contributed by atoms with Crippen LogP contribution in [0, 0.1) is 0 Å². The molecule has 0 bridgehead atoms. The number of hydrogen-bond donors (Lipinski definition) is 1. The Morgan fingerprint density at radius 3 is 2.12 bits per heavy atom. The van der Waals surface area contributed by atoms with Crippen LogP contribution in [0.5, 0.6) is 0 Å². The maximum absolute atomic E-state index is 14.0. The summed E-state index contributed by atoms with van der Waals surface area (Å²) in [6.07, 6.45) is 0.600. The molecule has 0 unspecified atom stereocenters. The molecule has 0 radical (unpaired) electrons. The van der Waals surface area contributed by atoms with Crippen molar-refractivity contribution in [3.8, 4) is 0 Å². The summed E-state index contributed by atoms with van der Waals surface area (Å²) in [5, 5.41) is 11.4. The Morgan fingerprint density at radius 2 is 1.60 bits per heavy atom. The van der Waals surface area contributed by atoms with Gasteiger partial charge in [-0.2, -0.15) is 0 Å². The van der Waals surface area contributed by atoms with E-state index in [-0.39, 0.29) is 12.6 Å². The van der Waals surface area contributed by atoms with Gasteiger partial charge in [-0.25, -0.2) is 4.39 Å². The van der Waals surface area contributed by atoms with Gasteiger partial charge in [0.1, 0.15) is 13.3 Å². The topological polar surface area (TPSA) is 37.3 Å². The van der Waals surface area contributed by atoms with E-state index in [0.29, 0.717) is 17.6 Å². The Hall–Kier alpha value is -1.96. The number of aliphatic hydroxyl groups excluding tert-OH is 1. The number of allylic oxidation sites excluding steroid dienone is 2. The average Bonchev–Trinajstić information content (AvgIpc) is 2.64. The van der Waals surface area contributed by atoms with Crippen molar-refractivity contribution in [2.24, 2.45) is 0 Å². The zero-order chi connectivity index (χ0) is 17.9. The van der Waals surface area contributed by atoms with E-state index in [1.165, 1.54) is 0 Å². The minimum Gasteiger partial charge on any atom is -0.393 e. The molecule has 1 fully saturated rings. The van der Waals surface area contributed by atoms with Gasteiger partial charge in [-0.3, -0.25) is 0 Å². The molecule has 130 valence electrons. The molecule has 25 heavy (non-hydrogen) atoms. The second-order valence-electron chi connectivity index (χ2n) is 6.41. The van der Waals surface area contributed by atoms with E-state index < -0.39 is 19.4 Å². The summed E-state index contributed by atoms with van der Waals surface area (Å²) in [5.74, 6) is 0. The van der Waals surface area contributed by atoms with E-state index in [2.05, 4.69) is 6.58 Å². The van der Waals surface area contributed by atoms with Crippen LogP contribution in [0.15, 0.2) is 84.5 Å². The van der Waals surface area contributed by atoms with Crippen LogP contribution in [0.1, 0.15) is 12.8 Å². The highest BCUT2D eigenvalue weighted by atomic mass is 31.2. The third-order valence-corrected chi connectivity index (χ3v) is 7.63. The van der Waals surface area contributed by atoms with Gasteiger partial charge in [-0.15, -0.1) is 0 Å². The van der Waals surface area contributed by atoms with Gasteiger partial charge in [0.15, 0.2) is 0 Å². The van der Waals surface area contributed by atoms with Gasteiger partial charge < -0.3 is 9.67 Å². The first-order valence-corrected chi connectivity index (χ1v) is 10.3. The molecule has 2 aromatic rings. The minimum absolute atomic E-state index is 0.0885. The lowest BCUT2D eigenvalue weighted by Gasteiger charge is -2.26. The molecule has 4 heteroatoms. The molecule has 1 saturated carbocycles. The van der Waals surface area contributed by atoms with Crippen LogP contribution >= 0.6 is 7.14 Å². The summed E-state index contributed by atoms with van der Waals surface area (Å²) >= 11 is 0. The van der Waals surface area contributed by atoms with Gasteiger partial charge in [-0.05, 0) is 17.6 Å². The highest BCUT2D eigenvalue weighted by molar-refractivity contribution is 7.78. The van der Waals surface area contributed by atoms with Gasteiger partial charge in [0.2, 0.25) is 0 Å². The summed E-state index contributed by atoms with van der Waals surface area (Å²) < 4.78 is 27.9. The molecule has 1 aliphatic carbocycles. The summed E-state index contributed by atoms with van der Waals surface area (Å²) in [5.41, 5.74) is 1.08. The van der Waals surface area contributed by atoms with Crippen LogP contribution < -0.4 is 10.6 Å². The molecular weight excluding hydrogens is 334 g/mol. The quantitative estimate of drug-likeness (QED) is 0.842. The number of alkyl halides is 1. The van der Waals surface area contributed by atoms with Crippen molar-refractivity contribution in [2.45, 2.75) is 25.1 Å². The van der Waals surface area contributed by atoms with Crippen molar-refractivity contribution in [1.29, 1.82) is 0 Å². The Kier molecular flexibility index (Phi) is 5.36. The SMILES string of the molecule is C=C1/C(=C\CP(=O)(c2ccccc2)c2ccccc2)C[C@@H](O)C[C@@H]1F. The number of rotatable bonds is 4. The molecule has 0 aliphatic heterocycles. The molecule has 2 nitrogen and oxygen atoms in total. The Balaban J connectivity index is 1.98. The summed E-state index contributed by atoms with van der Waals surface area (Å²) in [4.78, 5) is 0. The molecule has 3 rings (SSSR count). The minimum atomic E-state index is -2.88. The maximum atomic E-state index is 14.0. The lowest BCUT2D eigenvalue weighted by atomic mass is 9.87. The number of benzene rings is 2. The Bertz CT molecular complexity index is 771. The molecule has 1 N–H and O–H groups in total. The van der Waals surface area contributed by atoms with Crippen molar-refractivity contribution in [3.05, 3.63) is 84.5 Å². The maximum Gasteiger partial charge on any atom is 0.146 e. The largest absolute Gasteiger partial charge is 0.393 e. The molecule has 1 aliphatic rings. The third kappa shape index (κ3) is 3.84. The zero-order valence-corrected chi connectivity index (χ0v) is 14.9. The van der Waals surface area contributed by atoms with Crippen molar-refractivity contribution in [2.75, 3.05) is 6.16 Å².